The van der Waals surface area contributed by atoms with Crippen LogP contribution < -0.4 is 4.74 Å². The van der Waals surface area contributed by atoms with Crippen molar-refractivity contribution >= 4 is 0 Å². The van der Waals surface area contributed by atoms with Gasteiger partial charge >= 0.3 is 0 Å². The number of phenols is 1. The van der Waals surface area contributed by atoms with Crippen LogP contribution in [0.2, 0.25) is 0 Å². The van der Waals surface area contributed by atoms with Gasteiger partial charge in [0.15, 0.2) is 5.75 Å². The fourth-order valence-corrected chi connectivity index (χ4v) is 1.10. The number of aromatic nitrogens is 2. The summed E-state index contributed by atoms with van der Waals surface area (Å²) in [5.74, 6) is 1.58. The minimum absolute atomic E-state index is 0.225. The molecule has 1 heterocycles. The number of rotatable bonds is 2. The zero-order valence-corrected chi connectivity index (χ0v) is 7.71. The van der Waals surface area contributed by atoms with Crippen molar-refractivity contribution in [2.24, 2.45) is 7.05 Å². The molecule has 2 aromatic rings. The molecule has 0 aliphatic carbocycles. The SMILES string of the molecule is Cn1cc(Oc2ccc(O)cc2)cn1. The van der Waals surface area contributed by atoms with Gasteiger partial charge in [0, 0.05) is 7.05 Å². The van der Waals surface area contributed by atoms with Gasteiger partial charge in [-0.1, -0.05) is 0 Å². The largest absolute Gasteiger partial charge is 0.508 e. The van der Waals surface area contributed by atoms with E-state index in [4.69, 9.17) is 9.84 Å². The Bertz CT molecular complexity index is 420. The molecular formula is C10H10N2O2. The molecule has 4 heteroatoms. The van der Waals surface area contributed by atoms with Gasteiger partial charge in [-0.15, -0.1) is 0 Å². The summed E-state index contributed by atoms with van der Waals surface area (Å²) in [6, 6.07) is 6.54. The van der Waals surface area contributed by atoms with Crippen LogP contribution in [0.1, 0.15) is 0 Å². The Morgan fingerprint density at radius 1 is 1.21 bits per heavy atom. The van der Waals surface area contributed by atoms with Crippen molar-refractivity contribution in [3.8, 4) is 17.2 Å². The molecule has 0 amide bonds. The van der Waals surface area contributed by atoms with Crippen LogP contribution in [0.4, 0.5) is 0 Å². The molecule has 0 aliphatic heterocycles. The van der Waals surface area contributed by atoms with E-state index in [-0.39, 0.29) is 5.75 Å². The first-order chi connectivity index (χ1) is 6.74. The van der Waals surface area contributed by atoms with Gasteiger partial charge in [-0.2, -0.15) is 5.10 Å². The van der Waals surface area contributed by atoms with E-state index < -0.39 is 0 Å². The van der Waals surface area contributed by atoms with Crippen molar-refractivity contribution in [3.05, 3.63) is 36.7 Å². The van der Waals surface area contributed by atoms with Crippen molar-refractivity contribution in [1.29, 1.82) is 0 Å². The van der Waals surface area contributed by atoms with E-state index in [9.17, 15) is 0 Å². The van der Waals surface area contributed by atoms with Crippen molar-refractivity contribution in [1.82, 2.24) is 9.78 Å². The minimum atomic E-state index is 0.225. The highest BCUT2D eigenvalue weighted by atomic mass is 16.5. The maximum Gasteiger partial charge on any atom is 0.165 e. The van der Waals surface area contributed by atoms with Gasteiger partial charge in [0.2, 0.25) is 0 Å². The van der Waals surface area contributed by atoms with Gasteiger partial charge in [0.1, 0.15) is 11.5 Å². The highest BCUT2D eigenvalue weighted by molar-refractivity contribution is 5.33. The third-order valence-corrected chi connectivity index (χ3v) is 1.75. The summed E-state index contributed by atoms with van der Waals surface area (Å²) in [5, 5.41) is 13.0. The molecule has 0 atom stereocenters. The maximum atomic E-state index is 9.05. The van der Waals surface area contributed by atoms with Crippen LogP contribution in [0, 0.1) is 0 Å². The van der Waals surface area contributed by atoms with E-state index >= 15 is 0 Å². The summed E-state index contributed by atoms with van der Waals surface area (Å²) in [6.45, 7) is 0. The number of phenolic OH excluding ortho intramolecular Hbond substituents is 1. The van der Waals surface area contributed by atoms with E-state index in [1.54, 1.807) is 41.3 Å². The molecule has 0 fully saturated rings. The Labute approximate surface area is 81.4 Å². The lowest BCUT2D eigenvalue weighted by molar-refractivity contribution is 0.464. The van der Waals surface area contributed by atoms with E-state index in [1.807, 2.05) is 7.05 Å². The Kier molecular flexibility index (Phi) is 2.10. The lowest BCUT2D eigenvalue weighted by Crippen LogP contribution is -1.84. The van der Waals surface area contributed by atoms with Crippen LogP contribution in [-0.4, -0.2) is 14.9 Å². The summed E-state index contributed by atoms with van der Waals surface area (Å²) in [4.78, 5) is 0. The standard InChI is InChI=1S/C10H10N2O2/c1-12-7-10(6-11-12)14-9-4-2-8(13)3-5-9/h2-7,13H,1H3. The number of nitrogens with zero attached hydrogens (tertiary/aromatic N) is 2. The molecule has 1 N–H and O–H groups in total. The molecular weight excluding hydrogens is 180 g/mol. The first-order valence-corrected chi connectivity index (χ1v) is 4.19. The molecule has 0 unspecified atom stereocenters. The van der Waals surface area contributed by atoms with Gasteiger partial charge in [-0.05, 0) is 24.3 Å². The molecule has 4 nitrogen and oxygen atoms in total. The van der Waals surface area contributed by atoms with Gasteiger partial charge < -0.3 is 9.84 Å². The second kappa shape index (κ2) is 3.41. The van der Waals surface area contributed by atoms with Crippen LogP contribution in [-0.2, 0) is 7.05 Å². The highest BCUT2D eigenvalue weighted by Crippen LogP contribution is 2.22. The molecule has 0 bridgehead atoms. The number of aryl methyl sites for hydroxylation is 1. The van der Waals surface area contributed by atoms with E-state index in [0.29, 0.717) is 11.5 Å². The molecule has 72 valence electrons. The summed E-state index contributed by atoms with van der Waals surface area (Å²) in [5.41, 5.74) is 0. The highest BCUT2D eigenvalue weighted by Gasteiger charge is 1.98. The van der Waals surface area contributed by atoms with Gasteiger partial charge in [0.25, 0.3) is 0 Å². The zero-order valence-electron chi connectivity index (χ0n) is 7.71. The topological polar surface area (TPSA) is 47.3 Å². The lowest BCUT2D eigenvalue weighted by atomic mass is 10.3. The predicted octanol–water partition coefficient (Wildman–Crippen LogP) is 1.92. The first kappa shape index (κ1) is 8.62. The van der Waals surface area contributed by atoms with Crippen LogP contribution in [0.3, 0.4) is 0 Å². The van der Waals surface area contributed by atoms with Crippen LogP contribution in [0.15, 0.2) is 36.7 Å². The lowest BCUT2D eigenvalue weighted by Gasteiger charge is -2.01. The van der Waals surface area contributed by atoms with Gasteiger partial charge in [0.05, 0.1) is 12.4 Å². The van der Waals surface area contributed by atoms with Crippen molar-refractivity contribution in [3.63, 3.8) is 0 Å². The fraction of sp³-hybridized carbons (Fsp3) is 0.100. The number of aromatic hydroxyl groups is 1. The molecule has 0 spiro atoms. The molecule has 14 heavy (non-hydrogen) atoms. The smallest absolute Gasteiger partial charge is 0.165 e. The fourth-order valence-electron chi connectivity index (χ4n) is 1.10. The molecule has 1 aromatic carbocycles. The van der Waals surface area contributed by atoms with Crippen molar-refractivity contribution in [2.45, 2.75) is 0 Å². The first-order valence-electron chi connectivity index (χ1n) is 4.19. The predicted molar refractivity (Wildman–Crippen MR) is 51.4 cm³/mol. The summed E-state index contributed by atoms with van der Waals surface area (Å²) in [6.07, 6.45) is 3.40. The second-order valence-corrected chi connectivity index (χ2v) is 2.95. The third-order valence-electron chi connectivity index (χ3n) is 1.75. The number of ether oxygens (including phenoxy) is 1. The monoisotopic (exact) mass is 190 g/mol. The summed E-state index contributed by atoms with van der Waals surface area (Å²) < 4.78 is 7.12. The average molecular weight is 190 g/mol. The molecule has 0 saturated carbocycles. The van der Waals surface area contributed by atoms with Gasteiger partial charge in [-0.3, -0.25) is 4.68 Å². The molecule has 0 aliphatic rings. The van der Waals surface area contributed by atoms with Crippen LogP contribution >= 0.6 is 0 Å². The third kappa shape index (κ3) is 1.85. The summed E-state index contributed by atoms with van der Waals surface area (Å²) >= 11 is 0. The summed E-state index contributed by atoms with van der Waals surface area (Å²) in [7, 11) is 1.82. The van der Waals surface area contributed by atoms with E-state index in [1.165, 1.54) is 0 Å². The molecule has 0 saturated heterocycles. The minimum Gasteiger partial charge on any atom is -0.508 e. The normalized spacial score (nSPS) is 10.1. The van der Waals surface area contributed by atoms with Crippen molar-refractivity contribution in [2.75, 3.05) is 0 Å². The number of hydrogen-bond donors (Lipinski definition) is 1. The quantitative estimate of drug-likeness (QED) is 0.786. The molecule has 1 aromatic heterocycles. The Morgan fingerprint density at radius 3 is 2.50 bits per heavy atom. The maximum absolute atomic E-state index is 9.05. The van der Waals surface area contributed by atoms with Crippen LogP contribution in [0.25, 0.3) is 0 Å². The number of hydrogen-bond acceptors (Lipinski definition) is 3. The Morgan fingerprint density at radius 2 is 1.93 bits per heavy atom. The zero-order chi connectivity index (χ0) is 9.97. The molecule has 0 radical (unpaired) electrons. The average Bonchev–Trinajstić information content (AvgIpc) is 2.56. The van der Waals surface area contributed by atoms with Gasteiger partial charge in [-0.25, -0.2) is 0 Å². The number of benzene rings is 1. The van der Waals surface area contributed by atoms with Crippen molar-refractivity contribution < 1.29 is 9.84 Å². The van der Waals surface area contributed by atoms with Crippen LogP contribution in [0.5, 0.6) is 17.2 Å². The Hall–Kier alpha value is -1.97. The second-order valence-electron chi connectivity index (χ2n) is 2.95. The van der Waals surface area contributed by atoms with E-state index in [2.05, 4.69) is 5.10 Å². The Balaban J connectivity index is 2.15. The van der Waals surface area contributed by atoms with E-state index in [0.717, 1.165) is 0 Å². The molecule has 2 rings (SSSR count).